The van der Waals surface area contributed by atoms with Crippen molar-refractivity contribution in [1.82, 2.24) is 0 Å². The fourth-order valence-corrected chi connectivity index (χ4v) is 2.84. The van der Waals surface area contributed by atoms with Crippen LogP contribution in [0.2, 0.25) is 0 Å². The molecule has 0 aromatic carbocycles. The van der Waals surface area contributed by atoms with Gasteiger partial charge < -0.3 is 14.2 Å². The Morgan fingerprint density at radius 1 is 1.44 bits per heavy atom. The minimum atomic E-state index is -0.335. The number of ether oxygens (including phenoxy) is 3. The van der Waals surface area contributed by atoms with Gasteiger partial charge in [-0.1, -0.05) is 12.2 Å². The van der Waals surface area contributed by atoms with Crippen LogP contribution in [-0.2, 0) is 23.8 Å². The number of allylic oxidation sites excluding steroid dienone is 2. The first kappa shape index (κ1) is 11.9. The maximum Gasteiger partial charge on any atom is 0.312 e. The largest absolute Gasteiger partial charge is 0.438 e. The summed E-state index contributed by atoms with van der Waals surface area (Å²) < 4.78 is 15.6. The van der Waals surface area contributed by atoms with E-state index in [1.807, 2.05) is 12.2 Å². The van der Waals surface area contributed by atoms with Crippen molar-refractivity contribution in [3.63, 3.8) is 0 Å². The number of fused-ring (bicyclic) bond motifs is 2. The second-order valence-electron chi connectivity index (χ2n) is 4.95. The van der Waals surface area contributed by atoms with Gasteiger partial charge in [-0.15, -0.1) is 0 Å². The summed E-state index contributed by atoms with van der Waals surface area (Å²) >= 11 is 0. The number of hydrogen-bond donors (Lipinski definition) is 0. The van der Waals surface area contributed by atoms with Gasteiger partial charge in [0.05, 0.1) is 5.92 Å². The third kappa shape index (κ3) is 2.08. The summed E-state index contributed by atoms with van der Waals surface area (Å²) in [5.74, 6) is -0.854. The monoisotopic (exact) mass is 252 g/mol. The number of Topliss-reactive ketones (excluding diaryl/α,β-unsaturated/α-hetero) is 1. The highest BCUT2D eigenvalue weighted by Crippen LogP contribution is 2.41. The van der Waals surface area contributed by atoms with Crippen LogP contribution in [0.1, 0.15) is 19.3 Å². The van der Waals surface area contributed by atoms with Crippen molar-refractivity contribution < 1.29 is 23.8 Å². The number of carbonyl (C=O) groups is 2. The lowest BCUT2D eigenvalue weighted by molar-refractivity contribution is -0.190. The molecule has 0 N–H and O–H groups in total. The second-order valence-corrected chi connectivity index (χ2v) is 4.95. The van der Waals surface area contributed by atoms with E-state index >= 15 is 0 Å². The molecule has 18 heavy (non-hydrogen) atoms. The van der Waals surface area contributed by atoms with Crippen LogP contribution in [0.15, 0.2) is 12.2 Å². The maximum atomic E-state index is 11.8. The number of rotatable bonds is 4. The topological polar surface area (TPSA) is 61.8 Å². The van der Waals surface area contributed by atoms with E-state index in [0.717, 1.165) is 12.8 Å². The first-order valence-corrected chi connectivity index (χ1v) is 6.37. The van der Waals surface area contributed by atoms with E-state index in [0.29, 0.717) is 13.0 Å². The van der Waals surface area contributed by atoms with E-state index in [4.69, 9.17) is 14.2 Å². The molecule has 4 atom stereocenters. The molecule has 3 aliphatic rings. The average Bonchev–Trinajstić information content (AvgIpc) is 3.07. The zero-order valence-electron chi connectivity index (χ0n) is 10.0. The summed E-state index contributed by atoms with van der Waals surface area (Å²) in [6.45, 7) is 0.611. The van der Waals surface area contributed by atoms with Gasteiger partial charge in [0.25, 0.3) is 0 Å². The van der Waals surface area contributed by atoms with Gasteiger partial charge in [0, 0.05) is 24.9 Å². The Morgan fingerprint density at radius 2 is 2.33 bits per heavy atom. The van der Waals surface area contributed by atoms with Crippen LogP contribution < -0.4 is 0 Å². The van der Waals surface area contributed by atoms with Gasteiger partial charge in [-0.05, 0) is 12.8 Å². The molecule has 0 aromatic rings. The highest BCUT2D eigenvalue weighted by Gasteiger charge is 2.47. The highest BCUT2D eigenvalue weighted by atomic mass is 16.8. The minimum absolute atomic E-state index is 0.0772. The zero-order valence-corrected chi connectivity index (χ0v) is 10.0. The molecule has 1 heterocycles. The van der Waals surface area contributed by atoms with Crippen LogP contribution in [0, 0.1) is 17.8 Å². The first-order chi connectivity index (χ1) is 8.75. The molecule has 1 aliphatic heterocycles. The zero-order chi connectivity index (χ0) is 12.5. The molecule has 4 unspecified atom stereocenters. The van der Waals surface area contributed by atoms with Gasteiger partial charge in [-0.3, -0.25) is 9.59 Å². The Hall–Kier alpha value is -1.20. The van der Waals surface area contributed by atoms with Crippen LogP contribution in [0.25, 0.3) is 0 Å². The molecule has 5 heteroatoms. The van der Waals surface area contributed by atoms with Crippen molar-refractivity contribution in [2.75, 3.05) is 13.4 Å². The van der Waals surface area contributed by atoms with Crippen molar-refractivity contribution in [3.8, 4) is 0 Å². The lowest BCUT2D eigenvalue weighted by Gasteiger charge is -2.16. The quantitative estimate of drug-likeness (QED) is 0.425. The fourth-order valence-electron chi connectivity index (χ4n) is 2.84. The predicted octanol–water partition coefficient (Wildman–Crippen LogP) is 1.03. The van der Waals surface area contributed by atoms with Gasteiger partial charge in [-0.2, -0.15) is 0 Å². The van der Waals surface area contributed by atoms with Crippen molar-refractivity contribution >= 4 is 11.8 Å². The van der Waals surface area contributed by atoms with Crippen molar-refractivity contribution in [2.45, 2.75) is 25.6 Å². The lowest BCUT2D eigenvalue weighted by atomic mass is 9.94. The van der Waals surface area contributed by atoms with Crippen LogP contribution in [0.3, 0.4) is 0 Å². The fraction of sp³-hybridized carbons (Fsp3) is 0.692. The Kier molecular flexibility index (Phi) is 3.18. The second kappa shape index (κ2) is 4.82. The molecule has 1 saturated heterocycles. The van der Waals surface area contributed by atoms with Crippen molar-refractivity contribution in [2.24, 2.45) is 17.8 Å². The SMILES string of the molecule is O=C1C2C=CC1C(C(=O)OCOC1CCCO1)C2. The molecule has 5 nitrogen and oxygen atoms in total. The molecule has 3 rings (SSSR count). The molecule has 0 aromatic heterocycles. The number of hydrogen-bond acceptors (Lipinski definition) is 5. The number of ketones is 1. The number of esters is 1. The van der Waals surface area contributed by atoms with Crippen LogP contribution in [0.5, 0.6) is 0 Å². The molecule has 2 aliphatic carbocycles. The van der Waals surface area contributed by atoms with Gasteiger partial charge in [0.1, 0.15) is 5.78 Å². The summed E-state index contributed by atoms with van der Waals surface area (Å²) in [7, 11) is 0. The van der Waals surface area contributed by atoms with E-state index in [1.54, 1.807) is 0 Å². The van der Waals surface area contributed by atoms with Crippen molar-refractivity contribution in [3.05, 3.63) is 12.2 Å². The summed E-state index contributed by atoms with van der Waals surface area (Å²) in [5.41, 5.74) is 0. The van der Waals surface area contributed by atoms with E-state index in [1.165, 1.54) is 0 Å². The van der Waals surface area contributed by atoms with Gasteiger partial charge in [0.2, 0.25) is 0 Å². The highest BCUT2D eigenvalue weighted by molar-refractivity contribution is 5.96. The third-order valence-corrected chi connectivity index (χ3v) is 3.83. The maximum absolute atomic E-state index is 11.8. The third-order valence-electron chi connectivity index (χ3n) is 3.83. The van der Waals surface area contributed by atoms with E-state index in [9.17, 15) is 9.59 Å². The summed E-state index contributed by atoms with van der Waals surface area (Å²) in [6, 6.07) is 0. The van der Waals surface area contributed by atoms with E-state index < -0.39 is 0 Å². The standard InChI is InChI=1S/C13H16O5/c14-12-8-3-4-9(12)10(6-8)13(15)18-7-17-11-2-1-5-16-11/h3-4,8-11H,1-2,5-7H2. The molecule has 2 fully saturated rings. The Balaban J connectivity index is 1.45. The predicted molar refractivity (Wildman–Crippen MR) is 60.3 cm³/mol. The Labute approximate surface area is 105 Å². The summed E-state index contributed by atoms with van der Waals surface area (Å²) in [4.78, 5) is 23.5. The minimum Gasteiger partial charge on any atom is -0.438 e. The summed E-state index contributed by atoms with van der Waals surface area (Å²) in [6.07, 6.45) is 5.86. The lowest BCUT2D eigenvalue weighted by Crippen LogP contribution is -2.25. The molecular formula is C13H16O5. The van der Waals surface area contributed by atoms with E-state index in [2.05, 4.69) is 0 Å². The molecule has 0 amide bonds. The molecule has 98 valence electrons. The van der Waals surface area contributed by atoms with Crippen LogP contribution >= 0.6 is 0 Å². The van der Waals surface area contributed by atoms with Crippen LogP contribution in [0.4, 0.5) is 0 Å². The van der Waals surface area contributed by atoms with E-state index in [-0.39, 0.29) is 42.6 Å². The van der Waals surface area contributed by atoms with Gasteiger partial charge >= 0.3 is 5.97 Å². The first-order valence-electron chi connectivity index (χ1n) is 6.37. The summed E-state index contributed by atoms with van der Waals surface area (Å²) in [5, 5.41) is 0. The van der Waals surface area contributed by atoms with Crippen molar-refractivity contribution in [1.29, 1.82) is 0 Å². The molecule has 0 radical (unpaired) electrons. The molecule has 1 saturated carbocycles. The normalized spacial score (nSPS) is 37.4. The smallest absolute Gasteiger partial charge is 0.312 e. The average molecular weight is 252 g/mol. The van der Waals surface area contributed by atoms with Gasteiger partial charge in [0.15, 0.2) is 13.1 Å². The van der Waals surface area contributed by atoms with Crippen LogP contribution in [-0.4, -0.2) is 31.4 Å². The number of carbonyl (C=O) groups excluding carboxylic acids is 2. The molecular weight excluding hydrogens is 236 g/mol. The van der Waals surface area contributed by atoms with Gasteiger partial charge in [-0.25, -0.2) is 0 Å². The molecule has 2 bridgehead atoms. The Morgan fingerprint density at radius 3 is 2.94 bits per heavy atom. The molecule has 0 spiro atoms. The Bertz CT molecular complexity index is 383.